The molecule has 0 amide bonds. The molecule has 1 rings (SSSR count). The van der Waals surface area contributed by atoms with E-state index in [2.05, 4.69) is 10.1 Å². The number of aliphatic hydroxyl groups excluding tert-OH is 1. The number of aliphatic hydroxyl groups is 1. The average molecular weight is 277 g/mol. The molecule has 0 radical (unpaired) electrons. The lowest BCUT2D eigenvalue weighted by Gasteiger charge is -2.18. The highest BCUT2D eigenvalue weighted by Gasteiger charge is 2.31. The molecule has 0 spiro atoms. The zero-order valence-electron chi connectivity index (χ0n) is 10.7. The van der Waals surface area contributed by atoms with Crippen molar-refractivity contribution < 1.29 is 23.0 Å². The summed E-state index contributed by atoms with van der Waals surface area (Å²) < 4.78 is 40.7. The molecule has 1 atom stereocenters. The first kappa shape index (κ1) is 15.8. The predicted octanol–water partition coefficient (Wildman–Crippen LogP) is 2.84. The van der Waals surface area contributed by atoms with Crippen LogP contribution < -0.4 is 10.1 Å². The Morgan fingerprint density at radius 2 is 2.00 bits per heavy atom. The first-order valence-corrected chi connectivity index (χ1v) is 6.14. The molecule has 1 aromatic rings. The van der Waals surface area contributed by atoms with Gasteiger partial charge in [-0.15, -0.1) is 13.2 Å². The summed E-state index contributed by atoms with van der Waals surface area (Å²) in [7, 11) is 0. The summed E-state index contributed by atoms with van der Waals surface area (Å²) in [6.45, 7) is 2.27. The molecule has 0 aromatic heterocycles. The number of para-hydroxylation sites is 1. The first-order valence-electron chi connectivity index (χ1n) is 6.14. The number of nitrogens with one attached hydrogen (secondary N) is 1. The van der Waals surface area contributed by atoms with Crippen LogP contribution in [0.2, 0.25) is 0 Å². The van der Waals surface area contributed by atoms with Crippen LogP contribution in [0, 0.1) is 0 Å². The monoisotopic (exact) mass is 277 g/mol. The van der Waals surface area contributed by atoms with Gasteiger partial charge in [0.1, 0.15) is 5.75 Å². The Hall–Kier alpha value is -1.27. The molecule has 3 nitrogen and oxygen atoms in total. The second-order valence-electron chi connectivity index (χ2n) is 4.15. The lowest BCUT2D eigenvalue weighted by molar-refractivity contribution is -0.274. The lowest BCUT2D eigenvalue weighted by Crippen LogP contribution is -2.29. The van der Waals surface area contributed by atoms with Gasteiger partial charge in [0.25, 0.3) is 0 Å². The van der Waals surface area contributed by atoms with Crippen LogP contribution in [0.4, 0.5) is 13.2 Å². The molecular formula is C13H18F3NO2. The van der Waals surface area contributed by atoms with E-state index < -0.39 is 6.36 Å². The number of hydrogen-bond donors (Lipinski definition) is 2. The van der Waals surface area contributed by atoms with Crippen LogP contribution in [0.15, 0.2) is 24.3 Å². The molecule has 1 aromatic carbocycles. The van der Waals surface area contributed by atoms with Crippen LogP contribution >= 0.6 is 0 Å². The van der Waals surface area contributed by atoms with Crippen LogP contribution in [0.3, 0.4) is 0 Å². The fourth-order valence-corrected chi connectivity index (χ4v) is 1.73. The van der Waals surface area contributed by atoms with E-state index in [0.29, 0.717) is 12.0 Å². The standard InChI is InChI=1S/C13H18F3NO2/c1-2-11(7-8-18)17-9-10-5-3-4-6-12(10)19-13(14,15)16/h3-6,11,17-18H,2,7-9H2,1H3. The molecule has 2 N–H and O–H groups in total. The summed E-state index contributed by atoms with van der Waals surface area (Å²) in [6.07, 6.45) is -3.33. The Morgan fingerprint density at radius 1 is 1.32 bits per heavy atom. The number of benzene rings is 1. The van der Waals surface area contributed by atoms with Gasteiger partial charge in [-0.05, 0) is 18.9 Å². The van der Waals surface area contributed by atoms with Crippen molar-refractivity contribution in [1.29, 1.82) is 0 Å². The Kier molecular flexibility index (Phi) is 6.11. The highest BCUT2D eigenvalue weighted by molar-refractivity contribution is 5.33. The molecule has 0 saturated heterocycles. The fourth-order valence-electron chi connectivity index (χ4n) is 1.73. The second-order valence-corrected chi connectivity index (χ2v) is 4.15. The Morgan fingerprint density at radius 3 is 2.58 bits per heavy atom. The Bertz CT molecular complexity index is 382. The van der Waals surface area contributed by atoms with Gasteiger partial charge >= 0.3 is 6.36 Å². The second kappa shape index (κ2) is 7.35. The minimum atomic E-state index is -4.69. The van der Waals surface area contributed by atoms with E-state index in [-0.39, 0.29) is 24.9 Å². The number of hydrogen-bond acceptors (Lipinski definition) is 3. The van der Waals surface area contributed by atoms with Crippen LogP contribution in [0.1, 0.15) is 25.3 Å². The Labute approximate surface area is 110 Å². The number of halogens is 3. The van der Waals surface area contributed by atoms with Crippen molar-refractivity contribution in [3.8, 4) is 5.75 Å². The van der Waals surface area contributed by atoms with Crippen molar-refractivity contribution in [3.63, 3.8) is 0 Å². The van der Waals surface area contributed by atoms with E-state index in [9.17, 15) is 13.2 Å². The molecule has 0 aliphatic carbocycles. The average Bonchev–Trinajstić information content (AvgIpc) is 2.34. The van der Waals surface area contributed by atoms with E-state index in [1.807, 2.05) is 6.92 Å². The van der Waals surface area contributed by atoms with Crippen molar-refractivity contribution in [3.05, 3.63) is 29.8 Å². The first-order chi connectivity index (χ1) is 8.96. The number of rotatable bonds is 7. The summed E-state index contributed by atoms with van der Waals surface area (Å²) >= 11 is 0. The van der Waals surface area contributed by atoms with E-state index in [4.69, 9.17) is 5.11 Å². The van der Waals surface area contributed by atoms with Gasteiger partial charge in [0, 0.05) is 24.8 Å². The summed E-state index contributed by atoms with van der Waals surface area (Å²) in [6, 6.07) is 6.10. The van der Waals surface area contributed by atoms with Gasteiger partial charge < -0.3 is 15.2 Å². The van der Waals surface area contributed by atoms with Crippen LogP contribution in [0.5, 0.6) is 5.75 Å². The number of alkyl halides is 3. The predicted molar refractivity (Wildman–Crippen MR) is 65.7 cm³/mol. The molecule has 0 aliphatic rings. The summed E-state index contributed by atoms with van der Waals surface area (Å²) in [5.41, 5.74) is 0.441. The maximum absolute atomic E-state index is 12.2. The summed E-state index contributed by atoms with van der Waals surface area (Å²) in [5, 5.41) is 12.0. The minimum Gasteiger partial charge on any atom is -0.405 e. The van der Waals surface area contributed by atoms with E-state index in [1.54, 1.807) is 12.1 Å². The third-order valence-corrected chi connectivity index (χ3v) is 2.75. The molecule has 6 heteroatoms. The van der Waals surface area contributed by atoms with E-state index in [1.165, 1.54) is 12.1 Å². The molecular weight excluding hydrogens is 259 g/mol. The van der Waals surface area contributed by atoms with Crippen LogP contribution in [0.25, 0.3) is 0 Å². The third kappa shape index (κ3) is 5.94. The quantitative estimate of drug-likeness (QED) is 0.805. The van der Waals surface area contributed by atoms with Gasteiger partial charge in [0.05, 0.1) is 0 Å². The zero-order chi connectivity index (χ0) is 14.3. The molecule has 19 heavy (non-hydrogen) atoms. The van der Waals surface area contributed by atoms with Gasteiger partial charge in [0.2, 0.25) is 0 Å². The Balaban J connectivity index is 2.67. The van der Waals surface area contributed by atoms with Gasteiger partial charge in [0.15, 0.2) is 0 Å². The highest BCUT2D eigenvalue weighted by atomic mass is 19.4. The van der Waals surface area contributed by atoms with Gasteiger partial charge in [-0.1, -0.05) is 25.1 Å². The highest BCUT2D eigenvalue weighted by Crippen LogP contribution is 2.26. The molecule has 0 aliphatic heterocycles. The smallest absolute Gasteiger partial charge is 0.405 e. The normalized spacial score (nSPS) is 13.3. The maximum Gasteiger partial charge on any atom is 0.573 e. The lowest BCUT2D eigenvalue weighted by atomic mass is 10.1. The van der Waals surface area contributed by atoms with Crippen molar-refractivity contribution in [2.24, 2.45) is 0 Å². The van der Waals surface area contributed by atoms with Gasteiger partial charge in [-0.25, -0.2) is 0 Å². The van der Waals surface area contributed by atoms with Crippen molar-refractivity contribution in [2.45, 2.75) is 38.7 Å². The van der Waals surface area contributed by atoms with Crippen molar-refractivity contribution in [2.75, 3.05) is 6.61 Å². The molecule has 0 bridgehead atoms. The fraction of sp³-hybridized carbons (Fsp3) is 0.538. The summed E-state index contributed by atoms with van der Waals surface area (Å²) in [5.74, 6) is -0.193. The minimum absolute atomic E-state index is 0.0478. The molecule has 0 fully saturated rings. The molecule has 1 unspecified atom stereocenters. The van der Waals surface area contributed by atoms with Crippen molar-refractivity contribution in [1.82, 2.24) is 5.32 Å². The van der Waals surface area contributed by atoms with Crippen LogP contribution in [-0.2, 0) is 6.54 Å². The number of ether oxygens (including phenoxy) is 1. The maximum atomic E-state index is 12.2. The third-order valence-electron chi connectivity index (χ3n) is 2.75. The topological polar surface area (TPSA) is 41.5 Å². The van der Waals surface area contributed by atoms with E-state index >= 15 is 0 Å². The summed E-state index contributed by atoms with van der Waals surface area (Å²) in [4.78, 5) is 0. The molecule has 108 valence electrons. The van der Waals surface area contributed by atoms with E-state index in [0.717, 1.165) is 6.42 Å². The SMILES string of the molecule is CCC(CCO)NCc1ccccc1OC(F)(F)F. The largest absolute Gasteiger partial charge is 0.573 e. The molecule has 0 saturated carbocycles. The van der Waals surface area contributed by atoms with Gasteiger partial charge in [-0.3, -0.25) is 0 Å². The van der Waals surface area contributed by atoms with Crippen LogP contribution in [-0.4, -0.2) is 24.1 Å². The molecule has 0 heterocycles. The zero-order valence-corrected chi connectivity index (χ0v) is 10.7. The van der Waals surface area contributed by atoms with Gasteiger partial charge in [-0.2, -0.15) is 0 Å². The van der Waals surface area contributed by atoms with Crippen molar-refractivity contribution >= 4 is 0 Å².